The minimum Gasteiger partial charge on any atom is -0.497 e. The van der Waals surface area contributed by atoms with E-state index in [2.05, 4.69) is 22.8 Å². The van der Waals surface area contributed by atoms with Crippen LogP contribution in [0, 0.1) is 0 Å². The summed E-state index contributed by atoms with van der Waals surface area (Å²) < 4.78 is 8.45. The number of nitrogens with zero attached hydrogens (tertiary/aromatic N) is 3. The van der Waals surface area contributed by atoms with Crippen LogP contribution in [0.4, 0.5) is 0 Å². The standard InChI is InChI=1S/C36H37N3O5S/c1-44-27-9-5-8-23(19-27)28-12-10-24-18-25(11-13-29(24)37-28)34-33(22-6-3-2-4-7-22)35-30(20-31(45-35)36(42)43)39(34)21-32(41)38-16-14-26(40)15-17-38/h5,8-13,18-20,22,26,40H,2-4,6-7,14-17,21H2,1H3,(H,42,43). The molecule has 1 saturated heterocycles. The molecule has 2 fully saturated rings. The van der Waals surface area contributed by atoms with Gasteiger partial charge in [-0.05, 0) is 79.1 Å². The minimum atomic E-state index is -0.946. The van der Waals surface area contributed by atoms with Gasteiger partial charge in [0.15, 0.2) is 0 Å². The smallest absolute Gasteiger partial charge is 0.345 e. The molecular formula is C36H37N3O5S. The Hall–Kier alpha value is -4.21. The third-order valence-corrected chi connectivity index (χ3v) is 10.6. The summed E-state index contributed by atoms with van der Waals surface area (Å²) in [4.78, 5) is 33.0. The molecule has 232 valence electrons. The van der Waals surface area contributed by atoms with Gasteiger partial charge in [-0.3, -0.25) is 4.79 Å². The Bertz CT molecular complexity index is 1900. The molecule has 45 heavy (non-hydrogen) atoms. The van der Waals surface area contributed by atoms with Crippen LogP contribution >= 0.6 is 11.3 Å². The van der Waals surface area contributed by atoms with Crippen LogP contribution in [0.2, 0.25) is 0 Å². The summed E-state index contributed by atoms with van der Waals surface area (Å²) in [7, 11) is 1.66. The number of benzene rings is 2. The number of likely N-dealkylation sites (tertiary alicyclic amines) is 1. The van der Waals surface area contributed by atoms with Crippen LogP contribution in [0.15, 0.2) is 60.7 Å². The van der Waals surface area contributed by atoms with Crippen molar-refractivity contribution < 1.29 is 24.5 Å². The molecule has 9 heteroatoms. The fraction of sp³-hybridized carbons (Fsp3) is 0.361. The molecule has 0 radical (unpaired) electrons. The summed E-state index contributed by atoms with van der Waals surface area (Å²) >= 11 is 1.32. The number of thiophene rings is 1. The molecule has 1 amide bonds. The monoisotopic (exact) mass is 623 g/mol. The van der Waals surface area contributed by atoms with E-state index < -0.39 is 5.97 Å². The number of hydrogen-bond donors (Lipinski definition) is 2. The van der Waals surface area contributed by atoms with Crippen molar-refractivity contribution >= 4 is 44.3 Å². The van der Waals surface area contributed by atoms with E-state index in [4.69, 9.17) is 9.72 Å². The SMILES string of the molecule is COc1cccc(-c2ccc3cc(-c4c(C5CCCCC5)c5sc(C(=O)O)cc5n4CC(=O)N4CCC(O)CC4)ccc3n2)c1. The number of aliphatic hydroxyl groups excluding tert-OH is 1. The molecule has 7 rings (SSSR count). The van der Waals surface area contributed by atoms with Crippen LogP contribution in [0.3, 0.4) is 0 Å². The Morgan fingerprint density at radius 2 is 1.76 bits per heavy atom. The fourth-order valence-corrected chi connectivity index (χ4v) is 8.19. The number of aromatic nitrogens is 2. The summed E-state index contributed by atoms with van der Waals surface area (Å²) in [5.74, 6) is 0.118. The van der Waals surface area contributed by atoms with E-state index in [-0.39, 0.29) is 18.6 Å². The number of carboxylic acids is 1. The Kier molecular flexibility index (Phi) is 8.06. The molecule has 3 aromatic heterocycles. The first-order valence-corrected chi connectivity index (χ1v) is 16.6. The van der Waals surface area contributed by atoms with E-state index in [9.17, 15) is 19.8 Å². The van der Waals surface area contributed by atoms with Crippen molar-refractivity contribution in [1.29, 1.82) is 0 Å². The number of rotatable bonds is 7. The first kappa shape index (κ1) is 29.5. The van der Waals surface area contributed by atoms with E-state index in [1.54, 1.807) is 13.2 Å². The lowest BCUT2D eigenvalue weighted by molar-refractivity contribution is -0.133. The first-order chi connectivity index (χ1) is 21.9. The topological polar surface area (TPSA) is 105 Å². The Morgan fingerprint density at radius 1 is 0.956 bits per heavy atom. The van der Waals surface area contributed by atoms with Crippen molar-refractivity contribution in [3.8, 4) is 28.3 Å². The molecule has 0 atom stereocenters. The third kappa shape index (κ3) is 5.71. The van der Waals surface area contributed by atoms with Crippen molar-refractivity contribution in [3.63, 3.8) is 0 Å². The van der Waals surface area contributed by atoms with Gasteiger partial charge in [0.2, 0.25) is 5.91 Å². The fourth-order valence-electron chi connectivity index (χ4n) is 7.07. The van der Waals surface area contributed by atoms with Crippen molar-refractivity contribution in [2.45, 2.75) is 63.5 Å². The second-order valence-electron chi connectivity index (χ2n) is 12.3. The number of hydrogen-bond acceptors (Lipinski definition) is 6. The highest BCUT2D eigenvalue weighted by Gasteiger charge is 2.31. The number of fused-ring (bicyclic) bond motifs is 2. The molecule has 0 bridgehead atoms. The number of pyridine rings is 1. The van der Waals surface area contributed by atoms with Gasteiger partial charge in [-0.2, -0.15) is 0 Å². The lowest BCUT2D eigenvalue weighted by Crippen LogP contribution is -2.41. The summed E-state index contributed by atoms with van der Waals surface area (Å²) in [6.07, 6.45) is 6.35. The third-order valence-electron chi connectivity index (χ3n) is 9.44. The van der Waals surface area contributed by atoms with Gasteiger partial charge in [-0.1, -0.05) is 43.5 Å². The van der Waals surface area contributed by atoms with E-state index in [1.165, 1.54) is 23.3 Å². The summed E-state index contributed by atoms with van der Waals surface area (Å²) in [6.45, 7) is 1.17. The van der Waals surface area contributed by atoms with Crippen LogP contribution in [0.5, 0.6) is 5.75 Å². The van der Waals surface area contributed by atoms with Gasteiger partial charge in [0.25, 0.3) is 0 Å². The maximum absolute atomic E-state index is 13.7. The molecule has 1 saturated carbocycles. The normalized spacial score (nSPS) is 16.4. The molecule has 8 nitrogen and oxygen atoms in total. The van der Waals surface area contributed by atoms with Gasteiger partial charge in [-0.15, -0.1) is 11.3 Å². The quantitative estimate of drug-likeness (QED) is 0.197. The number of carbonyl (C=O) groups excluding carboxylic acids is 1. The molecule has 5 aromatic rings. The molecule has 0 spiro atoms. The zero-order chi connectivity index (χ0) is 31.1. The van der Waals surface area contributed by atoms with Crippen LogP contribution in [0.25, 0.3) is 43.6 Å². The lowest BCUT2D eigenvalue weighted by Gasteiger charge is -2.30. The summed E-state index contributed by atoms with van der Waals surface area (Å²) in [5.41, 5.74) is 6.69. The molecular weight excluding hydrogens is 586 g/mol. The molecule has 1 aliphatic heterocycles. The number of aromatic carboxylic acids is 1. The Labute approximate surface area is 265 Å². The van der Waals surface area contributed by atoms with Gasteiger partial charge in [0, 0.05) is 24.0 Å². The van der Waals surface area contributed by atoms with E-state index in [0.29, 0.717) is 36.7 Å². The molecule has 2 aromatic carbocycles. The second-order valence-corrected chi connectivity index (χ2v) is 13.3. The highest BCUT2D eigenvalue weighted by molar-refractivity contribution is 7.21. The predicted octanol–water partition coefficient (Wildman–Crippen LogP) is 7.32. The number of methoxy groups -OCH3 is 1. The van der Waals surface area contributed by atoms with Crippen LogP contribution in [-0.4, -0.2) is 62.8 Å². The Balaban J connectivity index is 1.36. The average Bonchev–Trinajstić information content (AvgIpc) is 3.63. The highest BCUT2D eigenvalue weighted by atomic mass is 32.1. The molecule has 4 heterocycles. The lowest BCUT2D eigenvalue weighted by atomic mass is 9.83. The van der Waals surface area contributed by atoms with Crippen LogP contribution in [0.1, 0.15) is 66.1 Å². The zero-order valence-corrected chi connectivity index (χ0v) is 26.2. The number of ether oxygens (including phenoxy) is 1. The van der Waals surface area contributed by atoms with Crippen molar-refractivity contribution in [2.24, 2.45) is 0 Å². The van der Waals surface area contributed by atoms with Crippen LogP contribution < -0.4 is 4.74 Å². The van der Waals surface area contributed by atoms with E-state index in [1.807, 2.05) is 41.3 Å². The number of carbonyl (C=O) groups is 2. The number of carboxylic acid groups (broad SMARTS) is 1. The largest absolute Gasteiger partial charge is 0.497 e. The van der Waals surface area contributed by atoms with Crippen molar-refractivity contribution in [1.82, 2.24) is 14.5 Å². The second kappa shape index (κ2) is 12.3. The van der Waals surface area contributed by atoms with Gasteiger partial charge in [-0.25, -0.2) is 9.78 Å². The molecule has 2 N–H and O–H groups in total. The number of amides is 1. The van der Waals surface area contributed by atoms with E-state index in [0.717, 1.165) is 75.1 Å². The number of piperidine rings is 1. The van der Waals surface area contributed by atoms with Gasteiger partial charge >= 0.3 is 5.97 Å². The maximum Gasteiger partial charge on any atom is 0.345 e. The Morgan fingerprint density at radius 3 is 2.51 bits per heavy atom. The first-order valence-electron chi connectivity index (χ1n) is 15.8. The van der Waals surface area contributed by atoms with Gasteiger partial charge in [0.05, 0.1) is 40.3 Å². The highest BCUT2D eigenvalue weighted by Crippen LogP contribution is 2.47. The molecule has 1 aliphatic carbocycles. The van der Waals surface area contributed by atoms with Gasteiger partial charge < -0.3 is 24.4 Å². The molecule has 2 aliphatic rings. The minimum absolute atomic E-state index is 0.0105. The van der Waals surface area contributed by atoms with Crippen molar-refractivity contribution in [3.05, 3.63) is 71.1 Å². The predicted molar refractivity (Wildman–Crippen MR) is 177 cm³/mol. The maximum atomic E-state index is 13.7. The molecule has 0 unspecified atom stereocenters. The number of aliphatic hydroxyl groups is 1. The summed E-state index contributed by atoms with van der Waals surface area (Å²) in [6, 6.07) is 20.0. The van der Waals surface area contributed by atoms with Crippen molar-refractivity contribution in [2.75, 3.05) is 20.2 Å². The van der Waals surface area contributed by atoms with E-state index >= 15 is 0 Å². The average molecular weight is 624 g/mol. The van der Waals surface area contributed by atoms with Gasteiger partial charge in [0.1, 0.15) is 17.2 Å². The van der Waals surface area contributed by atoms with Crippen LogP contribution in [-0.2, 0) is 11.3 Å². The summed E-state index contributed by atoms with van der Waals surface area (Å²) in [5, 5.41) is 20.9. The zero-order valence-electron chi connectivity index (χ0n) is 25.4.